The number of rotatable bonds is 7. The summed E-state index contributed by atoms with van der Waals surface area (Å²) in [6.45, 7) is 7.48. The van der Waals surface area contributed by atoms with Crippen LogP contribution in [-0.2, 0) is 19.1 Å². The van der Waals surface area contributed by atoms with E-state index in [2.05, 4.69) is 6.58 Å². The zero-order valence-electron chi connectivity index (χ0n) is 13.7. The minimum Gasteiger partial charge on any atom is -0.469 e. The number of hydrogen-bond donors (Lipinski definition) is 0. The molecule has 0 bridgehead atoms. The number of carbonyl (C=O) groups excluding carboxylic acids is 2. The number of ether oxygens (including phenoxy) is 2. The molecule has 0 heterocycles. The highest BCUT2D eigenvalue weighted by Crippen LogP contribution is 2.36. The van der Waals surface area contributed by atoms with Crippen LogP contribution in [0.4, 0.5) is 0 Å². The van der Waals surface area contributed by atoms with Crippen molar-refractivity contribution in [3.63, 3.8) is 0 Å². The lowest BCUT2D eigenvalue weighted by atomic mass is 9.77. The van der Waals surface area contributed by atoms with E-state index in [4.69, 9.17) is 9.47 Å². The Labute approximate surface area is 154 Å². The van der Waals surface area contributed by atoms with Crippen molar-refractivity contribution in [3.05, 3.63) is 48.0 Å². The van der Waals surface area contributed by atoms with Gasteiger partial charge in [-0.1, -0.05) is 59.2 Å². The van der Waals surface area contributed by atoms with E-state index >= 15 is 0 Å². The first-order valence-electron chi connectivity index (χ1n) is 7.21. The van der Waals surface area contributed by atoms with E-state index < -0.39 is 11.4 Å². The van der Waals surface area contributed by atoms with Crippen LogP contribution in [0.2, 0.25) is 0 Å². The van der Waals surface area contributed by atoms with Gasteiger partial charge in [0.2, 0.25) is 0 Å². The van der Waals surface area contributed by atoms with Crippen LogP contribution < -0.4 is 0 Å². The van der Waals surface area contributed by atoms with E-state index in [1.54, 1.807) is 0 Å². The molecule has 0 N–H and O–H groups in total. The fourth-order valence-corrected chi connectivity index (χ4v) is 2.53. The van der Waals surface area contributed by atoms with Gasteiger partial charge in [-0.05, 0) is 38.2 Å². The van der Waals surface area contributed by atoms with Crippen LogP contribution in [0.15, 0.2) is 42.5 Å². The molecule has 4 nitrogen and oxygen atoms in total. The lowest BCUT2D eigenvalue weighted by molar-refractivity contribution is -0.151. The number of carbonyl (C=O) groups is 2. The van der Waals surface area contributed by atoms with Crippen LogP contribution >= 0.6 is 0 Å². The molecule has 25 heavy (non-hydrogen) atoms. The average Bonchev–Trinajstić information content (AvgIpc) is 2.52. The van der Waals surface area contributed by atoms with Gasteiger partial charge in [-0.2, -0.15) is 0 Å². The number of hydrogen-bond acceptors (Lipinski definition) is 4. The first-order valence-corrected chi connectivity index (χ1v) is 7.21. The van der Waals surface area contributed by atoms with Gasteiger partial charge < -0.3 is 9.47 Å². The summed E-state index contributed by atoms with van der Waals surface area (Å²) >= 11 is 0. The largest absolute Gasteiger partial charge is 0.469 e. The fraction of sp³-hybridized carbons (Fsp3) is 0.524. The van der Waals surface area contributed by atoms with Gasteiger partial charge in [0.15, 0.2) is 0 Å². The van der Waals surface area contributed by atoms with Crippen LogP contribution in [0.1, 0.15) is 60.5 Å². The Morgan fingerprint density at radius 2 is 1.56 bits per heavy atom. The van der Waals surface area contributed by atoms with E-state index in [1.165, 1.54) is 14.2 Å². The summed E-state index contributed by atoms with van der Waals surface area (Å²) in [5.41, 5.74) is 0.813. The Kier molecular flexibility index (Phi) is 13.6. The highest BCUT2D eigenvalue weighted by atomic mass is 16.5. The normalized spacial score (nSPS) is 10.9. The van der Waals surface area contributed by atoms with Crippen molar-refractivity contribution in [1.29, 1.82) is 0 Å². The van der Waals surface area contributed by atoms with E-state index in [0.29, 0.717) is 18.4 Å². The summed E-state index contributed by atoms with van der Waals surface area (Å²) in [5, 5.41) is 0. The molecule has 1 aromatic carbocycles. The quantitative estimate of drug-likeness (QED) is 0.488. The molecule has 0 aliphatic rings. The number of esters is 2. The zero-order chi connectivity index (χ0) is 16.8. The summed E-state index contributed by atoms with van der Waals surface area (Å²) < 4.78 is 9.59. The summed E-state index contributed by atoms with van der Waals surface area (Å²) in [6, 6.07) is 9.79. The molecule has 1 atom stereocenters. The second kappa shape index (κ2) is 12.3. The van der Waals surface area contributed by atoms with E-state index in [0.717, 1.165) is 5.56 Å². The molecule has 0 aromatic heterocycles. The average molecular weight is 353 g/mol. The van der Waals surface area contributed by atoms with Crippen molar-refractivity contribution in [1.82, 2.24) is 0 Å². The fourth-order valence-electron chi connectivity index (χ4n) is 2.53. The van der Waals surface area contributed by atoms with Crippen molar-refractivity contribution in [3.8, 4) is 0 Å². The molecule has 0 radical (unpaired) electrons. The third-order valence-electron chi connectivity index (χ3n) is 3.73. The Morgan fingerprint density at radius 1 is 1.04 bits per heavy atom. The van der Waals surface area contributed by atoms with Gasteiger partial charge in [0.25, 0.3) is 0 Å². The molecule has 0 aliphatic heterocycles. The summed E-state index contributed by atoms with van der Waals surface area (Å²) in [7, 11) is 2.72. The van der Waals surface area contributed by atoms with Gasteiger partial charge in [0.05, 0.1) is 19.6 Å². The predicted octanol–water partition coefficient (Wildman–Crippen LogP) is 5.39. The molecule has 0 aliphatic carbocycles. The molecular weight excluding hydrogens is 316 g/mol. The van der Waals surface area contributed by atoms with E-state index in [9.17, 15) is 9.59 Å². The van der Waals surface area contributed by atoms with Gasteiger partial charge in [0, 0.05) is 5.57 Å². The maximum atomic E-state index is 11.9. The maximum Gasteiger partial charge on any atom is 0.333 e. The molecule has 1 unspecified atom stereocenters. The second-order valence-corrected chi connectivity index (χ2v) is 5.99. The molecule has 1 aromatic rings. The van der Waals surface area contributed by atoms with Crippen LogP contribution in [0.5, 0.6) is 0 Å². The SMILES string of the molecule is C.C.C.C=C(CC(CC(C)(C)C(=O)OC)c1ccccc1)C(=O)OC. The van der Waals surface area contributed by atoms with Gasteiger partial charge in [0.1, 0.15) is 0 Å². The summed E-state index contributed by atoms with van der Waals surface area (Å²) in [5.74, 6) is -0.698. The zero-order valence-corrected chi connectivity index (χ0v) is 13.7. The molecule has 0 saturated heterocycles. The lowest BCUT2D eigenvalue weighted by Crippen LogP contribution is -2.28. The third-order valence-corrected chi connectivity index (χ3v) is 3.73. The van der Waals surface area contributed by atoms with E-state index in [1.807, 2.05) is 44.2 Å². The minimum absolute atomic E-state index is 0. The highest BCUT2D eigenvalue weighted by molar-refractivity contribution is 5.87. The molecule has 0 saturated carbocycles. The smallest absolute Gasteiger partial charge is 0.333 e. The molecule has 0 amide bonds. The molecule has 4 heteroatoms. The van der Waals surface area contributed by atoms with E-state index in [-0.39, 0.29) is 34.2 Å². The third kappa shape index (κ3) is 8.01. The Bertz CT molecular complexity index is 532. The van der Waals surface area contributed by atoms with Crippen LogP contribution in [0, 0.1) is 5.41 Å². The Morgan fingerprint density at radius 3 is 2.00 bits per heavy atom. The van der Waals surface area contributed by atoms with Gasteiger partial charge in [-0.3, -0.25) is 4.79 Å². The van der Waals surface area contributed by atoms with Crippen molar-refractivity contribution in [2.75, 3.05) is 14.2 Å². The molecule has 144 valence electrons. The lowest BCUT2D eigenvalue weighted by Gasteiger charge is -2.28. The second-order valence-electron chi connectivity index (χ2n) is 5.99. The monoisotopic (exact) mass is 352 g/mol. The molecular formula is C21H36O4. The standard InChI is InChI=1S/C18H24O4.3CH4/c1-13(16(19)21-4)11-15(14-9-7-6-8-10-14)12-18(2,3)17(20)22-5;;;/h6-10,15H,1,11-12H2,2-5H3;3*1H4. The van der Waals surface area contributed by atoms with Gasteiger partial charge >= 0.3 is 11.9 Å². The minimum atomic E-state index is -0.647. The number of benzene rings is 1. The summed E-state index contributed by atoms with van der Waals surface area (Å²) in [6.07, 6.45) is 0.997. The first kappa shape index (κ1) is 27.7. The highest BCUT2D eigenvalue weighted by Gasteiger charge is 2.33. The predicted molar refractivity (Wildman–Crippen MR) is 106 cm³/mol. The van der Waals surface area contributed by atoms with Crippen molar-refractivity contribution in [2.45, 2.75) is 54.9 Å². The molecule has 0 spiro atoms. The first-order chi connectivity index (χ1) is 10.3. The molecule has 0 fully saturated rings. The van der Waals surface area contributed by atoms with Crippen LogP contribution in [0.3, 0.4) is 0 Å². The summed E-state index contributed by atoms with van der Waals surface area (Å²) in [4.78, 5) is 23.6. The van der Waals surface area contributed by atoms with Crippen LogP contribution in [0.25, 0.3) is 0 Å². The van der Waals surface area contributed by atoms with Crippen molar-refractivity contribution < 1.29 is 19.1 Å². The molecule has 1 rings (SSSR count). The van der Waals surface area contributed by atoms with Gasteiger partial charge in [-0.25, -0.2) is 4.79 Å². The van der Waals surface area contributed by atoms with Crippen molar-refractivity contribution in [2.24, 2.45) is 5.41 Å². The van der Waals surface area contributed by atoms with Crippen LogP contribution in [-0.4, -0.2) is 26.2 Å². The number of methoxy groups -OCH3 is 2. The Hall–Kier alpha value is -2.10. The topological polar surface area (TPSA) is 52.6 Å². The Balaban J connectivity index is -0.00000161. The van der Waals surface area contributed by atoms with Gasteiger partial charge in [-0.15, -0.1) is 0 Å². The van der Waals surface area contributed by atoms with Crippen molar-refractivity contribution >= 4 is 11.9 Å². The maximum absolute atomic E-state index is 11.9.